The first kappa shape index (κ1) is 20.2. The Balaban J connectivity index is 0.00000264. The van der Waals surface area contributed by atoms with Gasteiger partial charge in [-0.3, -0.25) is 4.99 Å². The highest BCUT2D eigenvalue weighted by atomic mass is 127. The van der Waals surface area contributed by atoms with Crippen molar-refractivity contribution in [2.45, 2.75) is 45.6 Å². The fourth-order valence-electron chi connectivity index (χ4n) is 2.74. The standard InChI is InChI=1S/C18H29N3O.HI/c1-3-15-5-7-16(8-6-15)9-12-20-18(19-4-2)21-13-10-17(22)11-14-21;/h5-8,17,22H,3-4,9-14H2,1-2H3,(H,19,20);1H. The molecule has 0 aliphatic carbocycles. The Morgan fingerprint density at radius 1 is 1.17 bits per heavy atom. The van der Waals surface area contributed by atoms with E-state index in [2.05, 4.69) is 48.3 Å². The molecule has 0 radical (unpaired) electrons. The molecular formula is C18H30IN3O. The van der Waals surface area contributed by atoms with E-state index in [9.17, 15) is 5.11 Å². The van der Waals surface area contributed by atoms with Crippen LogP contribution < -0.4 is 5.32 Å². The second-order valence-corrected chi connectivity index (χ2v) is 5.87. The van der Waals surface area contributed by atoms with Gasteiger partial charge in [-0.15, -0.1) is 24.0 Å². The van der Waals surface area contributed by atoms with Crippen LogP contribution in [0, 0.1) is 0 Å². The summed E-state index contributed by atoms with van der Waals surface area (Å²) >= 11 is 0. The Morgan fingerprint density at radius 3 is 2.35 bits per heavy atom. The number of aliphatic hydroxyl groups excluding tert-OH is 1. The number of hydrogen-bond donors (Lipinski definition) is 2. The first-order chi connectivity index (χ1) is 10.7. The number of hydrogen-bond acceptors (Lipinski definition) is 2. The first-order valence-corrected chi connectivity index (χ1v) is 8.52. The van der Waals surface area contributed by atoms with Gasteiger partial charge >= 0.3 is 0 Å². The monoisotopic (exact) mass is 431 g/mol. The number of guanidine groups is 1. The number of nitrogens with one attached hydrogen (secondary N) is 1. The maximum Gasteiger partial charge on any atom is 0.193 e. The molecule has 1 fully saturated rings. The van der Waals surface area contributed by atoms with Crippen LogP contribution >= 0.6 is 24.0 Å². The molecule has 1 aliphatic rings. The zero-order valence-corrected chi connectivity index (χ0v) is 16.6. The number of aliphatic hydroxyl groups is 1. The van der Waals surface area contributed by atoms with Crippen LogP contribution in [0.1, 0.15) is 37.8 Å². The summed E-state index contributed by atoms with van der Waals surface area (Å²) in [5, 5.41) is 13.0. The SMILES string of the molecule is CCNC(=NCCc1ccc(CC)cc1)N1CCC(O)CC1.I. The molecule has 0 amide bonds. The van der Waals surface area contributed by atoms with Crippen molar-refractivity contribution in [2.75, 3.05) is 26.2 Å². The molecule has 0 spiro atoms. The quantitative estimate of drug-likeness (QED) is 0.428. The first-order valence-electron chi connectivity index (χ1n) is 8.52. The van der Waals surface area contributed by atoms with Crippen LogP contribution in [0.2, 0.25) is 0 Å². The number of aliphatic imine (C=N–C) groups is 1. The lowest BCUT2D eigenvalue weighted by molar-refractivity contribution is 0.108. The predicted octanol–water partition coefficient (Wildman–Crippen LogP) is 2.83. The van der Waals surface area contributed by atoms with Gasteiger partial charge in [-0.25, -0.2) is 0 Å². The van der Waals surface area contributed by atoms with Crippen LogP contribution in [0.25, 0.3) is 0 Å². The van der Waals surface area contributed by atoms with Crippen molar-refractivity contribution in [1.29, 1.82) is 0 Å². The Hall–Kier alpha value is -0.820. The van der Waals surface area contributed by atoms with Crippen LogP contribution in [0.4, 0.5) is 0 Å². The summed E-state index contributed by atoms with van der Waals surface area (Å²) in [5.74, 6) is 0.986. The number of halogens is 1. The molecule has 1 aromatic rings. The van der Waals surface area contributed by atoms with Crippen molar-refractivity contribution in [3.63, 3.8) is 0 Å². The van der Waals surface area contributed by atoms with Gasteiger partial charge < -0.3 is 15.3 Å². The Labute approximate surface area is 157 Å². The second kappa shape index (κ2) is 10.9. The van der Waals surface area contributed by atoms with E-state index in [0.29, 0.717) is 0 Å². The molecule has 0 saturated carbocycles. The second-order valence-electron chi connectivity index (χ2n) is 5.87. The van der Waals surface area contributed by atoms with Gasteiger partial charge in [0.2, 0.25) is 0 Å². The molecule has 0 bridgehead atoms. The van der Waals surface area contributed by atoms with Crippen molar-refractivity contribution >= 4 is 29.9 Å². The Morgan fingerprint density at radius 2 is 1.78 bits per heavy atom. The molecule has 0 unspecified atom stereocenters. The van der Waals surface area contributed by atoms with E-state index in [-0.39, 0.29) is 30.1 Å². The third-order valence-electron chi connectivity index (χ3n) is 4.19. The summed E-state index contributed by atoms with van der Waals surface area (Å²) in [6.07, 6.45) is 3.58. The van der Waals surface area contributed by atoms with Crippen molar-refractivity contribution in [2.24, 2.45) is 4.99 Å². The van der Waals surface area contributed by atoms with Crippen LogP contribution in [-0.2, 0) is 12.8 Å². The topological polar surface area (TPSA) is 47.9 Å². The number of rotatable bonds is 5. The molecule has 5 heteroatoms. The fourth-order valence-corrected chi connectivity index (χ4v) is 2.74. The molecule has 2 N–H and O–H groups in total. The minimum absolute atomic E-state index is 0. The summed E-state index contributed by atoms with van der Waals surface area (Å²) < 4.78 is 0. The number of aryl methyl sites for hydroxylation is 1. The number of likely N-dealkylation sites (tertiary alicyclic amines) is 1. The summed E-state index contributed by atoms with van der Waals surface area (Å²) in [6, 6.07) is 8.82. The molecule has 0 aromatic heterocycles. The van der Waals surface area contributed by atoms with Gasteiger partial charge in [-0.1, -0.05) is 31.2 Å². The van der Waals surface area contributed by atoms with Gasteiger partial charge in [0.15, 0.2) is 5.96 Å². The molecule has 23 heavy (non-hydrogen) atoms. The minimum atomic E-state index is -0.142. The van der Waals surface area contributed by atoms with E-state index in [1.165, 1.54) is 11.1 Å². The number of nitrogens with zero attached hydrogens (tertiary/aromatic N) is 2. The zero-order valence-electron chi connectivity index (χ0n) is 14.3. The normalized spacial score (nSPS) is 16.1. The molecule has 1 saturated heterocycles. The Bertz CT molecular complexity index is 468. The highest BCUT2D eigenvalue weighted by molar-refractivity contribution is 14.0. The van der Waals surface area contributed by atoms with Gasteiger partial charge in [-0.2, -0.15) is 0 Å². The maximum atomic E-state index is 9.62. The van der Waals surface area contributed by atoms with E-state index in [4.69, 9.17) is 4.99 Å². The van der Waals surface area contributed by atoms with Gasteiger partial charge in [-0.05, 0) is 43.7 Å². The predicted molar refractivity (Wildman–Crippen MR) is 108 cm³/mol. The van der Waals surface area contributed by atoms with E-state index >= 15 is 0 Å². The fraction of sp³-hybridized carbons (Fsp3) is 0.611. The third kappa shape index (κ3) is 6.67. The van der Waals surface area contributed by atoms with Gasteiger partial charge in [0, 0.05) is 26.2 Å². The third-order valence-corrected chi connectivity index (χ3v) is 4.19. The molecule has 2 rings (SSSR count). The molecule has 1 aliphatic heterocycles. The zero-order chi connectivity index (χ0) is 15.8. The van der Waals surface area contributed by atoms with E-state index in [1.807, 2.05) is 0 Å². The molecule has 1 heterocycles. The van der Waals surface area contributed by atoms with Crippen LogP contribution in [0.3, 0.4) is 0 Å². The van der Waals surface area contributed by atoms with E-state index in [1.54, 1.807) is 0 Å². The summed E-state index contributed by atoms with van der Waals surface area (Å²) in [5.41, 5.74) is 2.72. The van der Waals surface area contributed by atoms with Gasteiger partial charge in [0.05, 0.1) is 6.10 Å². The largest absolute Gasteiger partial charge is 0.393 e. The summed E-state index contributed by atoms with van der Waals surface area (Å²) in [4.78, 5) is 7.01. The maximum absolute atomic E-state index is 9.62. The van der Waals surface area contributed by atoms with Crippen LogP contribution in [0.15, 0.2) is 29.3 Å². The summed E-state index contributed by atoms with van der Waals surface area (Å²) in [7, 11) is 0. The van der Waals surface area contributed by atoms with Crippen LogP contribution in [-0.4, -0.2) is 48.2 Å². The van der Waals surface area contributed by atoms with Crippen molar-refractivity contribution in [3.8, 4) is 0 Å². The highest BCUT2D eigenvalue weighted by Crippen LogP contribution is 2.10. The van der Waals surface area contributed by atoms with Gasteiger partial charge in [0.25, 0.3) is 0 Å². The summed E-state index contributed by atoms with van der Waals surface area (Å²) in [6.45, 7) is 7.72. The lowest BCUT2D eigenvalue weighted by atomic mass is 10.1. The highest BCUT2D eigenvalue weighted by Gasteiger charge is 2.19. The number of benzene rings is 1. The number of piperidine rings is 1. The van der Waals surface area contributed by atoms with E-state index < -0.39 is 0 Å². The smallest absolute Gasteiger partial charge is 0.193 e. The molecular weight excluding hydrogens is 401 g/mol. The lowest BCUT2D eigenvalue weighted by Gasteiger charge is -2.32. The molecule has 1 aromatic carbocycles. The molecule has 4 nitrogen and oxygen atoms in total. The average Bonchev–Trinajstić information content (AvgIpc) is 2.55. The minimum Gasteiger partial charge on any atom is -0.393 e. The van der Waals surface area contributed by atoms with Crippen molar-refractivity contribution in [3.05, 3.63) is 35.4 Å². The lowest BCUT2D eigenvalue weighted by Crippen LogP contribution is -2.46. The molecule has 130 valence electrons. The van der Waals surface area contributed by atoms with Crippen molar-refractivity contribution < 1.29 is 5.11 Å². The van der Waals surface area contributed by atoms with Crippen molar-refractivity contribution in [1.82, 2.24) is 10.2 Å². The average molecular weight is 431 g/mol. The Kier molecular flexibility index (Phi) is 9.55. The van der Waals surface area contributed by atoms with E-state index in [0.717, 1.165) is 57.8 Å². The van der Waals surface area contributed by atoms with Gasteiger partial charge in [0.1, 0.15) is 0 Å². The molecule has 0 atom stereocenters. The van der Waals surface area contributed by atoms with Crippen LogP contribution in [0.5, 0.6) is 0 Å².